The van der Waals surface area contributed by atoms with E-state index in [1.807, 2.05) is 36.7 Å². The Balaban J connectivity index is 0.00000240. The van der Waals surface area contributed by atoms with Gasteiger partial charge >= 0.3 is 0 Å². The molecule has 1 aromatic carbocycles. The molecule has 1 aliphatic rings. The van der Waals surface area contributed by atoms with Crippen molar-refractivity contribution in [3.63, 3.8) is 0 Å². The molecule has 0 atom stereocenters. The summed E-state index contributed by atoms with van der Waals surface area (Å²) in [6.07, 6.45) is 2.04. The molecule has 3 aromatic rings. The standard InChI is InChI=1S/C20H25N7O.ClH/c1-13-12-14(2)27(24-13)17-6-4-16(5-7-17)19(28)23-20-22-18(25-26(20)3)15-8-10-21-11-9-15;/h4-7,12,15,21H,8-11H2,1-3H3,(H,22,23,25,28);1H. The lowest BCUT2D eigenvalue weighted by Crippen LogP contribution is -2.27. The zero-order chi connectivity index (χ0) is 19.7. The van der Waals surface area contributed by atoms with Crippen molar-refractivity contribution < 1.29 is 4.79 Å². The molecular formula is C20H26ClN7O. The molecule has 9 heteroatoms. The molecule has 0 radical (unpaired) electrons. The first kappa shape index (κ1) is 21.0. The molecule has 0 bridgehead atoms. The fourth-order valence-electron chi connectivity index (χ4n) is 3.58. The third-order valence-corrected chi connectivity index (χ3v) is 5.09. The molecule has 8 nitrogen and oxygen atoms in total. The van der Waals surface area contributed by atoms with E-state index in [1.54, 1.807) is 23.9 Å². The number of piperidine rings is 1. The van der Waals surface area contributed by atoms with Gasteiger partial charge in [0.25, 0.3) is 5.91 Å². The first-order chi connectivity index (χ1) is 13.5. The number of anilines is 1. The smallest absolute Gasteiger partial charge is 0.258 e. The largest absolute Gasteiger partial charge is 0.317 e. The van der Waals surface area contributed by atoms with Gasteiger partial charge in [0, 0.05) is 24.2 Å². The second kappa shape index (κ2) is 8.75. The third-order valence-electron chi connectivity index (χ3n) is 5.09. The summed E-state index contributed by atoms with van der Waals surface area (Å²) < 4.78 is 3.50. The van der Waals surface area contributed by atoms with Gasteiger partial charge in [0.2, 0.25) is 5.95 Å². The molecule has 2 aromatic heterocycles. The molecule has 29 heavy (non-hydrogen) atoms. The SMILES string of the molecule is Cc1cc(C)n(-c2ccc(C(=O)Nc3nc(C4CCNCC4)nn3C)cc2)n1.Cl. The molecule has 0 saturated carbocycles. The first-order valence-electron chi connectivity index (χ1n) is 9.58. The predicted molar refractivity (Wildman–Crippen MR) is 114 cm³/mol. The van der Waals surface area contributed by atoms with E-state index in [4.69, 9.17) is 0 Å². The van der Waals surface area contributed by atoms with E-state index in [0.717, 1.165) is 48.8 Å². The van der Waals surface area contributed by atoms with Gasteiger partial charge in [-0.2, -0.15) is 15.2 Å². The zero-order valence-electron chi connectivity index (χ0n) is 16.8. The van der Waals surface area contributed by atoms with E-state index in [2.05, 4.69) is 25.8 Å². The fourth-order valence-corrected chi connectivity index (χ4v) is 3.58. The summed E-state index contributed by atoms with van der Waals surface area (Å²) in [4.78, 5) is 17.2. The minimum Gasteiger partial charge on any atom is -0.317 e. The molecule has 1 saturated heterocycles. The van der Waals surface area contributed by atoms with Gasteiger partial charge in [-0.1, -0.05) is 0 Å². The summed E-state index contributed by atoms with van der Waals surface area (Å²) in [6.45, 7) is 5.93. The molecule has 2 N–H and O–H groups in total. The van der Waals surface area contributed by atoms with Crippen LogP contribution in [0, 0.1) is 13.8 Å². The van der Waals surface area contributed by atoms with Crippen LogP contribution in [0.5, 0.6) is 0 Å². The monoisotopic (exact) mass is 415 g/mol. The second-order valence-corrected chi connectivity index (χ2v) is 7.28. The highest BCUT2D eigenvalue weighted by atomic mass is 35.5. The Morgan fingerprint density at radius 1 is 1.14 bits per heavy atom. The molecule has 3 heterocycles. The van der Waals surface area contributed by atoms with Crippen LogP contribution in [0.25, 0.3) is 5.69 Å². The van der Waals surface area contributed by atoms with Crippen molar-refractivity contribution in [2.45, 2.75) is 32.6 Å². The Kier molecular flexibility index (Phi) is 6.34. The summed E-state index contributed by atoms with van der Waals surface area (Å²) in [5.74, 6) is 1.42. The maximum Gasteiger partial charge on any atom is 0.258 e. The number of halogens is 1. The maximum atomic E-state index is 12.6. The van der Waals surface area contributed by atoms with Crippen LogP contribution >= 0.6 is 12.4 Å². The normalized spacial score (nSPS) is 14.4. The molecule has 154 valence electrons. The van der Waals surface area contributed by atoms with Crippen LogP contribution in [-0.2, 0) is 7.05 Å². The Morgan fingerprint density at radius 3 is 2.45 bits per heavy atom. The summed E-state index contributed by atoms with van der Waals surface area (Å²) in [5.41, 5.74) is 3.51. The average Bonchev–Trinajstić information content (AvgIpc) is 3.24. The quantitative estimate of drug-likeness (QED) is 0.683. The highest BCUT2D eigenvalue weighted by Gasteiger charge is 2.21. The summed E-state index contributed by atoms with van der Waals surface area (Å²) >= 11 is 0. The lowest BCUT2D eigenvalue weighted by Gasteiger charge is -2.19. The van der Waals surface area contributed by atoms with Gasteiger partial charge in [0.1, 0.15) is 0 Å². The molecule has 4 rings (SSSR count). The summed E-state index contributed by atoms with van der Waals surface area (Å²) in [7, 11) is 1.80. The lowest BCUT2D eigenvalue weighted by molar-refractivity contribution is 0.102. The number of amides is 1. The Bertz CT molecular complexity index is 987. The van der Waals surface area contributed by atoms with Crippen LogP contribution in [-0.4, -0.2) is 43.5 Å². The van der Waals surface area contributed by atoms with Crippen LogP contribution in [0.1, 0.15) is 46.3 Å². The number of carbonyl (C=O) groups excluding carboxylic acids is 1. The van der Waals surface area contributed by atoms with Gasteiger partial charge in [-0.05, 0) is 70.1 Å². The van der Waals surface area contributed by atoms with Gasteiger partial charge in [-0.15, -0.1) is 12.4 Å². The van der Waals surface area contributed by atoms with Crippen molar-refractivity contribution in [3.8, 4) is 5.69 Å². The number of carbonyl (C=O) groups is 1. The molecule has 0 unspecified atom stereocenters. The van der Waals surface area contributed by atoms with Crippen molar-refractivity contribution >= 4 is 24.3 Å². The summed E-state index contributed by atoms with van der Waals surface area (Å²) in [5, 5.41) is 15.2. The number of aromatic nitrogens is 5. The Hall–Kier alpha value is -2.71. The number of rotatable bonds is 4. The van der Waals surface area contributed by atoms with Gasteiger partial charge < -0.3 is 5.32 Å². The van der Waals surface area contributed by atoms with Crippen molar-refractivity contribution in [1.82, 2.24) is 29.9 Å². The Labute approximate surface area is 176 Å². The van der Waals surface area contributed by atoms with Crippen molar-refractivity contribution in [3.05, 3.63) is 53.1 Å². The van der Waals surface area contributed by atoms with Crippen molar-refractivity contribution in [1.29, 1.82) is 0 Å². The number of hydrogen-bond acceptors (Lipinski definition) is 5. The minimum atomic E-state index is -0.202. The van der Waals surface area contributed by atoms with Gasteiger partial charge in [-0.3, -0.25) is 10.1 Å². The summed E-state index contributed by atoms with van der Waals surface area (Å²) in [6, 6.07) is 9.40. The molecular weight excluding hydrogens is 390 g/mol. The van der Waals surface area contributed by atoms with E-state index < -0.39 is 0 Å². The number of nitrogens with zero attached hydrogens (tertiary/aromatic N) is 5. The van der Waals surface area contributed by atoms with Crippen LogP contribution in [0.3, 0.4) is 0 Å². The number of benzene rings is 1. The number of hydrogen-bond donors (Lipinski definition) is 2. The minimum absolute atomic E-state index is 0. The van der Waals surface area contributed by atoms with E-state index in [0.29, 0.717) is 17.4 Å². The number of aryl methyl sites for hydroxylation is 3. The van der Waals surface area contributed by atoms with E-state index in [1.165, 1.54) is 0 Å². The topological polar surface area (TPSA) is 89.7 Å². The lowest BCUT2D eigenvalue weighted by atomic mass is 9.98. The Morgan fingerprint density at radius 2 is 1.83 bits per heavy atom. The van der Waals surface area contributed by atoms with Crippen LogP contribution in [0.2, 0.25) is 0 Å². The van der Waals surface area contributed by atoms with Crippen LogP contribution in [0.4, 0.5) is 5.95 Å². The highest BCUT2D eigenvalue weighted by molar-refractivity contribution is 6.03. The van der Waals surface area contributed by atoms with Crippen LogP contribution < -0.4 is 10.6 Å². The van der Waals surface area contributed by atoms with Crippen molar-refractivity contribution in [2.24, 2.45) is 7.05 Å². The number of nitrogens with one attached hydrogen (secondary N) is 2. The van der Waals surface area contributed by atoms with Gasteiger partial charge in [0.05, 0.1) is 11.4 Å². The molecule has 1 fully saturated rings. The molecule has 0 spiro atoms. The first-order valence-corrected chi connectivity index (χ1v) is 9.58. The predicted octanol–water partition coefficient (Wildman–Crippen LogP) is 2.76. The average molecular weight is 416 g/mol. The zero-order valence-corrected chi connectivity index (χ0v) is 17.7. The second-order valence-electron chi connectivity index (χ2n) is 7.28. The van der Waals surface area contributed by atoms with Crippen molar-refractivity contribution in [2.75, 3.05) is 18.4 Å². The van der Waals surface area contributed by atoms with E-state index in [9.17, 15) is 4.79 Å². The molecule has 1 amide bonds. The van der Waals surface area contributed by atoms with E-state index >= 15 is 0 Å². The van der Waals surface area contributed by atoms with E-state index in [-0.39, 0.29) is 18.3 Å². The maximum absolute atomic E-state index is 12.6. The highest BCUT2D eigenvalue weighted by Crippen LogP contribution is 2.23. The third kappa shape index (κ3) is 4.49. The van der Waals surface area contributed by atoms with Gasteiger partial charge in [0.15, 0.2) is 5.82 Å². The molecule has 1 aliphatic heterocycles. The van der Waals surface area contributed by atoms with Crippen LogP contribution in [0.15, 0.2) is 30.3 Å². The van der Waals surface area contributed by atoms with Gasteiger partial charge in [-0.25, -0.2) is 9.36 Å². The fraction of sp³-hybridized carbons (Fsp3) is 0.400. The molecule has 0 aliphatic carbocycles.